The molecule has 7 nitrogen and oxygen atoms in total. The van der Waals surface area contributed by atoms with Gasteiger partial charge >= 0.3 is 5.97 Å². The fourth-order valence-electron chi connectivity index (χ4n) is 2.22. The number of carbonyl (C=O) groups excluding carboxylic acids is 3. The monoisotopic (exact) mass is 389 g/mol. The number of rotatable bonds is 9. The number of ether oxygens (including phenoxy) is 3. The summed E-state index contributed by atoms with van der Waals surface area (Å²) in [5, 5.41) is 2.46. The van der Waals surface area contributed by atoms with Gasteiger partial charge in [0.2, 0.25) is 0 Å². The highest BCUT2D eigenvalue weighted by Gasteiger charge is 2.12. The molecule has 0 aliphatic rings. The maximum atomic E-state index is 13.5. The van der Waals surface area contributed by atoms with E-state index >= 15 is 0 Å². The first kappa shape index (κ1) is 20.9. The van der Waals surface area contributed by atoms with E-state index in [0.717, 1.165) is 0 Å². The predicted molar refractivity (Wildman–Crippen MR) is 97.7 cm³/mol. The summed E-state index contributed by atoms with van der Waals surface area (Å²) in [5.41, 5.74) is 0.768. The minimum absolute atomic E-state index is 0.0146. The number of amides is 1. The van der Waals surface area contributed by atoms with Gasteiger partial charge in [-0.15, -0.1) is 0 Å². The van der Waals surface area contributed by atoms with Gasteiger partial charge in [-0.05, 0) is 31.2 Å². The quantitative estimate of drug-likeness (QED) is 0.523. The molecule has 2 aromatic carbocycles. The number of halogens is 1. The van der Waals surface area contributed by atoms with Crippen LogP contribution in [-0.4, -0.2) is 38.0 Å². The molecule has 0 saturated heterocycles. The number of carbonyl (C=O) groups is 3. The van der Waals surface area contributed by atoms with Crippen LogP contribution in [0.1, 0.15) is 22.8 Å². The zero-order valence-corrected chi connectivity index (χ0v) is 15.5. The van der Waals surface area contributed by atoms with Gasteiger partial charge in [0.05, 0.1) is 7.11 Å². The van der Waals surface area contributed by atoms with Crippen LogP contribution in [0, 0.1) is 5.82 Å². The Morgan fingerprint density at radius 2 is 1.79 bits per heavy atom. The van der Waals surface area contributed by atoms with Crippen LogP contribution < -0.4 is 14.8 Å². The number of esters is 1. The normalized spacial score (nSPS) is 10.1. The van der Waals surface area contributed by atoms with Gasteiger partial charge in [-0.2, -0.15) is 0 Å². The number of Topliss-reactive ketones (excluding diaryl/α,β-unsaturated/α-hetero) is 1. The van der Waals surface area contributed by atoms with Gasteiger partial charge < -0.3 is 19.5 Å². The van der Waals surface area contributed by atoms with Crippen molar-refractivity contribution in [2.75, 3.05) is 20.3 Å². The smallest absolute Gasteiger partial charge is 0.344 e. The lowest BCUT2D eigenvalue weighted by atomic mass is 10.1. The highest BCUT2D eigenvalue weighted by Crippen LogP contribution is 2.28. The van der Waals surface area contributed by atoms with Crippen molar-refractivity contribution in [3.05, 3.63) is 59.4 Å². The van der Waals surface area contributed by atoms with E-state index in [0.29, 0.717) is 16.9 Å². The van der Waals surface area contributed by atoms with E-state index in [2.05, 4.69) is 5.32 Å². The third-order valence-electron chi connectivity index (χ3n) is 3.71. The Morgan fingerprint density at radius 1 is 1.04 bits per heavy atom. The van der Waals surface area contributed by atoms with Crippen molar-refractivity contribution in [3.63, 3.8) is 0 Å². The van der Waals surface area contributed by atoms with E-state index in [1.807, 2.05) is 0 Å². The maximum absolute atomic E-state index is 13.5. The van der Waals surface area contributed by atoms with Crippen LogP contribution >= 0.6 is 0 Å². The molecule has 0 bridgehead atoms. The van der Waals surface area contributed by atoms with Gasteiger partial charge in [0.25, 0.3) is 5.91 Å². The fraction of sp³-hybridized carbons (Fsp3) is 0.250. The Balaban J connectivity index is 1.77. The highest BCUT2D eigenvalue weighted by atomic mass is 19.1. The third kappa shape index (κ3) is 6.08. The summed E-state index contributed by atoms with van der Waals surface area (Å²) >= 11 is 0. The number of ketones is 1. The summed E-state index contributed by atoms with van der Waals surface area (Å²) < 4.78 is 28.7. The molecule has 0 heterocycles. The first-order chi connectivity index (χ1) is 13.4. The molecule has 2 aromatic rings. The van der Waals surface area contributed by atoms with E-state index < -0.39 is 30.9 Å². The largest absolute Gasteiger partial charge is 0.493 e. The SMILES string of the molecule is COc1cc(C(C)=O)ccc1OCC(=O)OCC(=O)NCc1ccccc1F. The van der Waals surface area contributed by atoms with Crippen molar-refractivity contribution in [2.45, 2.75) is 13.5 Å². The van der Waals surface area contributed by atoms with Crippen LogP contribution in [0.15, 0.2) is 42.5 Å². The zero-order chi connectivity index (χ0) is 20.5. The Hall–Kier alpha value is -3.42. The predicted octanol–water partition coefficient (Wildman–Crippen LogP) is 2.28. The Kier molecular flexibility index (Phi) is 7.50. The second-order valence-corrected chi connectivity index (χ2v) is 5.74. The van der Waals surface area contributed by atoms with Crippen LogP contribution in [0.4, 0.5) is 4.39 Å². The highest BCUT2D eigenvalue weighted by molar-refractivity contribution is 5.94. The molecule has 0 saturated carbocycles. The average molecular weight is 389 g/mol. The Labute approximate surface area is 161 Å². The van der Waals surface area contributed by atoms with E-state index in [-0.39, 0.29) is 18.1 Å². The zero-order valence-electron chi connectivity index (χ0n) is 15.5. The van der Waals surface area contributed by atoms with Gasteiger partial charge in [0.15, 0.2) is 30.5 Å². The molecule has 1 amide bonds. The summed E-state index contributed by atoms with van der Waals surface area (Å²) in [5.74, 6) is -1.35. The summed E-state index contributed by atoms with van der Waals surface area (Å²) in [6.45, 7) is 0.441. The molecule has 148 valence electrons. The standard InChI is InChI=1S/C20H20FNO6/c1-13(23)14-7-8-17(18(9-14)26-2)27-12-20(25)28-11-19(24)22-10-15-5-3-4-6-16(15)21/h3-9H,10-12H2,1-2H3,(H,22,24). The molecule has 0 fully saturated rings. The van der Waals surface area contributed by atoms with Crippen LogP contribution in [0.5, 0.6) is 11.5 Å². The Bertz CT molecular complexity index is 868. The van der Waals surface area contributed by atoms with Crippen LogP contribution in [0.3, 0.4) is 0 Å². The summed E-state index contributed by atoms with van der Waals surface area (Å²) in [4.78, 5) is 34.8. The third-order valence-corrected chi connectivity index (χ3v) is 3.71. The molecule has 1 N–H and O–H groups in total. The van der Waals surface area contributed by atoms with Crippen molar-refractivity contribution < 1.29 is 33.0 Å². The second-order valence-electron chi connectivity index (χ2n) is 5.74. The van der Waals surface area contributed by atoms with Gasteiger partial charge in [0.1, 0.15) is 5.82 Å². The van der Waals surface area contributed by atoms with E-state index in [9.17, 15) is 18.8 Å². The molecule has 2 rings (SSSR count). The van der Waals surface area contributed by atoms with E-state index in [1.165, 1.54) is 32.2 Å². The summed E-state index contributed by atoms with van der Waals surface area (Å²) in [6, 6.07) is 10.6. The molecule has 0 atom stereocenters. The average Bonchev–Trinajstić information content (AvgIpc) is 2.69. The number of nitrogens with one attached hydrogen (secondary N) is 1. The number of methoxy groups -OCH3 is 1. The molecule has 0 aliphatic heterocycles. The van der Waals surface area contributed by atoms with Crippen molar-refractivity contribution in [1.29, 1.82) is 0 Å². The Morgan fingerprint density at radius 3 is 2.46 bits per heavy atom. The first-order valence-corrected chi connectivity index (χ1v) is 8.38. The molecule has 8 heteroatoms. The van der Waals surface area contributed by atoms with Crippen LogP contribution in [0.25, 0.3) is 0 Å². The van der Waals surface area contributed by atoms with Crippen molar-refractivity contribution >= 4 is 17.7 Å². The second kappa shape index (κ2) is 10.1. The van der Waals surface area contributed by atoms with E-state index in [1.54, 1.807) is 24.3 Å². The molecule has 0 aliphatic carbocycles. The fourth-order valence-corrected chi connectivity index (χ4v) is 2.22. The molecule has 0 aromatic heterocycles. The molecular formula is C20H20FNO6. The molecule has 0 spiro atoms. The van der Waals surface area contributed by atoms with Gasteiger partial charge in [0, 0.05) is 17.7 Å². The lowest BCUT2D eigenvalue weighted by Crippen LogP contribution is -2.29. The number of hydrogen-bond donors (Lipinski definition) is 1. The van der Waals surface area contributed by atoms with Gasteiger partial charge in [-0.3, -0.25) is 9.59 Å². The first-order valence-electron chi connectivity index (χ1n) is 8.38. The minimum Gasteiger partial charge on any atom is -0.493 e. The van der Waals surface area contributed by atoms with Gasteiger partial charge in [-0.1, -0.05) is 18.2 Å². The van der Waals surface area contributed by atoms with Crippen molar-refractivity contribution in [3.8, 4) is 11.5 Å². The van der Waals surface area contributed by atoms with Gasteiger partial charge in [-0.25, -0.2) is 9.18 Å². The topological polar surface area (TPSA) is 90.9 Å². The van der Waals surface area contributed by atoms with Crippen molar-refractivity contribution in [2.24, 2.45) is 0 Å². The van der Waals surface area contributed by atoms with Crippen LogP contribution in [0.2, 0.25) is 0 Å². The van der Waals surface area contributed by atoms with Crippen LogP contribution in [-0.2, 0) is 20.9 Å². The number of hydrogen-bond acceptors (Lipinski definition) is 6. The van der Waals surface area contributed by atoms with E-state index in [4.69, 9.17) is 14.2 Å². The lowest BCUT2D eigenvalue weighted by molar-refractivity contribution is -0.150. The summed E-state index contributed by atoms with van der Waals surface area (Å²) in [7, 11) is 1.41. The van der Waals surface area contributed by atoms with Crippen molar-refractivity contribution in [1.82, 2.24) is 5.32 Å². The maximum Gasteiger partial charge on any atom is 0.344 e. The molecule has 28 heavy (non-hydrogen) atoms. The number of benzene rings is 2. The molecular weight excluding hydrogens is 369 g/mol. The summed E-state index contributed by atoms with van der Waals surface area (Å²) in [6.07, 6.45) is 0. The molecule has 0 radical (unpaired) electrons. The minimum atomic E-state index is -0.765. The lowest BCUT2D eigenvalue weighted by Gasteiger charge is -2.11. The molecule has 0 unspecified atom stereocenters.